The fourth-order valence-corrected chi connectivity index (χ4v) is 3.13. The van der Waals surface area contributed by atoms with Crippen LogP contribution in [0.2, 0.25) is 0 Å². The van der Waals surface area contributed by atoms with Gasteiger partial charge in [0.15, 0.2) is 0 Å². The first-order chi connectivity index (χ1) is 12.6. The molecule has 0 radical (unpaired) electrons. The van der Waals surface area contributed by atoms with Crippen LogP contribution in [-0.2, 0) is 22.4 Å². The second-order valence-electron chi connectivity index (χ2n) is 5.27. The van der Waals surface area contributed by atoms with Gasteiger partial charge in [0.25, 0.3) is 10.0 Å². The molecule has 2 aromatic carbocycles. The lowest BCUT2D eigenvalue weighted by atomic mass is 10.1. The summed E-state index contributed by atoms with van der Waals surface area (Å²) in [5.41, 5.74) is -5.53. The standard InChI is InChI=1S/C14H7F7N2O4S/c15-11-2-1-9(6-12(11)23(24)25)22-28(26,27)10-4-7(13(16,17)18)3-8(5-10)14(19,20)21/h1-6,22H. The van der Waals surface area contributed by atoms with Gasteiger partial charge in [-0.2, -0.15) is 30.7 Å². The number of nitro benzene ring substituents is 1. The molecule has 0 aliphatic carbocycles. The van der Waals surface area contributed by atoms with E-state index < -0.39 is 60.5 Å². The Morgan fingerprint density at radius 1 is 0.893 bits per heavy atom. The summed E-state index contributed by atoms with van der Waals surface area (Å²) in [6, 6.07) is 1.30. The number of hydrogen-bond donors (Lipinski definition) is 1. The Hall–Kier alpha value is -2.90. The number of nitro groups is 1. The van der Waals surface area contributed by atoms with E-state index in [4.69, 9.17) is 0 Å². The number of rotatable bonds is 4. The van der Waals surface area contributed by atoms with Gasteiger partial charge in [0.05, 0.1) is 26.6 Å². The van der Waals surface area contributed by atoms with Gasteiger partial charge >= 0.3 is 18.0 Å². The summed E-state index contributed by atoms with van der Waals surface area (Å²) in [5, 5.41) is 10.7. The van der Waals surface area contributed by atoms with Crippen molar-refractivity contribution in [3.05, 3.63) is 63.5 Å². The fourth-order valence-electron chi connectivity index (χ4n) is 2.01. The van der Waals surface area contributed by atoms with Crippen LogP contribution < -0.4 is 4.72 Å². The zero-order valence-corrected chi connectivity index (χ0v) is 13.9. The molecule has 0 heterocycles. The Kier molecular flexibility index (Phi) is 5.29. The van der Waals surface area contributed by atoms with E-state index in [2.05, 4.69) is 0 Å². The molecule has 14 heteroatoms. The van der Waals surface area contributed by atoms with Crippen LogP contribution in [0.15, 0.2) is 41.3 Å². The zero-order chi connectivity index (χ0) is 21.5. The SMILES string of the molecule is O=[N+]([O-])c1cc(NS(=O)(=O)c2cc(C(F)(F)F)cc(C(F)(F)F)c2)ccc1F. The third-order valence-corrected chi connectivity index (χ3v) is 4.63. The molecule has 6 nitrogen and oxygen atoms in total. The fraction of sp³-hybridized carbons (Fsp3) is 0.143. The third-order valence-electron chi connectivity index (χ3n) is 3.27. The summed E-state index contributed by atoms with van der Waals surface area (Å²) in [6.07, 6.45) is -10.6. The molecule has 2 aromatic rings. The summed E-state index contributed by atoms with van der Waals surface area (Å²) >= 11 is 0. The lowest BCUT2D eigenvalue weighted by Crippen LogP contribution is -2.17. The molecule has 2 rings (SSSR count). The Morgan fingerprint density at radius 2 is 1.39 bits per heavy atom. The van der Waals surface area contributed by atoms with Gasteiger partial charge in [0.1, 0.15) is 0 Å². The van der Waals surface area contributed by atoms with Crippen molar-refractivity contribution in [1.82, 2.24) is 0 Å². The van der Waals surface area contributed by atoms with Crippen molar-refractivity contribution in [3.8, 4) is 0 Å². The first-order valence-electron chi connectivity index (χ1n) is 6.87. The number of nitrogens with one attached hydrogen (secondary N) is 1. The Morgan fingerprint density at radius 3 is 1.82 bits per heavy atom. The molecule has 0 unspecified atom stereocenters. The summed E-state index contributed by atoms with van der Waals surface area (Å²) in [5.74, 6) is -1.33. The predicted octanol–water partition coefficient (Wildman–Crippen LogP) is 4.57. The number of sulfonamides is 1. The van der Waals surface area contributed by atoms with Crippen molar-refractivity contribution in [2.45, 2.75) is 17.2 Å². The van der Waals surface area contributed by atoms with E-state index in [0.717, 1.165) is 0 Å². The van der Waals surface area contributed by atoms with Crippen molar-refractivity contribution >= 4 is 21.4 Å². The van der Waals surface area contributed by atoms with Crippen LogP contribution in [-0.4, -0.2) is 13.3 Å². The van der Waals surface area contributed by atoms with Gasteiger partial charge in [-0.15, -0.1) is 0 Å². The topological polar surface area (TPSA) is 89.3 Å². The highest BCUT2D eigenvalue weighted by atomic mass is 32.2. The minimum Gasteiger partial charge on any atom is -0.279 e. The number of anilines is 1. The molecular weight excluding hydrogens is 425 g/mol. The Labute approximate surface area is 151 Å². The first kappa shape index (κ1) is 21.4. The molecule has 0 bridgehead atoms. The average molecular weight is 432 g/mol. The monoisotopic (exact) mass is 432 g/mol. The molecule has 0 aliphatic heterocycles. The van der Waals surface area contributed by atoms with Crippen molar-refractivity contribution in [3.63, 3.8) is 0 Å². The van der Waals surface area contributed by atoms with E-state index in [-0.39, 0.29) is 18.2 Å². The molecule has 0 aliphatic rings. The molecule has 0 fully saturated rings. The van der Waals surface area contributed by atoms with E-state index in [1.54, 1.807) is 4.72 Å². The van der Waals surface area contributed by atoms with Crippen molar-refractivity contribution in [1.29, 1.82) is 0 Å². The van der Waals surface area contributed by atoms with Gasteiger partial charge in [-0.05, 0) is 30.3 Å². The van der Waals surface area contributed by atoms with Crippen LogP contribution in [0.1, 0.15) is 11.1 Å². The average Bonchev–Trinajstić information content (AvgIpc) is 2.54. The van der Waals surface area contributed by atoms with E-state index in [9.17, 15) is 49.3 Å². The molecule has 0 saturated heterocycles. The van der Waals surface area contributed by atoms with Crippen LogP contribution in [0.3, 0.4) is 0 Å². The second kappa shape index (κ2) is 6.92. The van der Waals surface area contributed by atoms with Gasteiger partial charge in [-0.3, -0.25) is 14.8 Å². The molecule has 0 spiro atoms. The predicted molar refractivity (Wildman–Crippen MR) is 80.3 cm³/mol. The molecular formula is C14H7F7N2O4S. The van der Waals surface area contributed by atoms with E-state index in [1.165, 1.54) is 0 Å². The Bertz CT molecular complexity index is 1000. The highest BCUT2D eigenvalue weighted by molar-refractivity contribution is 7.92. The second-order valence-corrected chi connectivity index (χ2v) is 6.95. The van der Waals surface area contributed by atoms with Gasteiger partial charge < -0.3 is 0 Å². The lowest BCUT2D eigenvalue weighted by molar-refractivity contribution is -0.387. The van der Waals surface area contributed by atoms with Crippen molar-refractivity contribution in [2.75, 3.05) is 4.72 Å². The summed E-state index contributed by atoms with van der Waals surface area (Å²) in [7, 11) is -5.03. The summed E-state index contributed by atoms with van der Waals surface area (Å²) in [6.45, 7) is 0. The van der Waals surface area contributed by atoms with Crippen molar-refractivity contribution in [2.24, 2.45) is 0 Å². The molecule has 0 amide bonds. The van der Waals surface area contributed by atoms with E-state index >= 15 is 0 Å². The maximum absolute atomic E-state index is 13.3. The van der Waals surface area contributed by atoms with Gasteiger partial charge in [0.2, 0.25) is 5.82 Å². The number of nitrogens with zero attached hydrogens (tertiary/aromatic N) is 1. The van der Waals surface area contributed by atoms with Crippen molar-refractivity contribution < 1.29 is 44.1 Å². The van der Waals surface area contributed by atoms with Gasteiger partial charge in [0, 0.05) is 6.07 Å². The maximum atomic E-state index is 13.3. The minimum atomic E-state index is -5.28. The van der Waals surface area contributed by atoms with Crippen LogP contribution in [0.25, 0.3) is 0 Å². The third kappa shape index (κ3) is 4.68. The molecule has 1 N–H and O–H groups in total. The van der Waals surface area contributed by atoms with Gasteiger partial charge in [-0.1, -0.05) is 0 Å². The van der Waals surface area contributed by atoms with E-state index in [0.29, 0.717) is 18.2 Å². The normalized spacial score (nSPS) is 12.7. The largest absolute Gasteiger partial charge is 0.416 e. The number of benzene rings is 2. The van der Waals surface area contributed by atoms with Crippen LogP contribution in [0.4, 0.5) is 42.1 Å². The van der Waals surface area contributed by atoms with Crippen LogP contribution >= 0.6 is 0 Å². The van der Waals surface area contributed by atoms with Crippen LogP contribution in [0.5, 0.6) is 0 Å². The number of alkyl halides is 6. The lowest BCUT2D eigenvalue weighted by Gasteiger charge is -2.15. The highest BCUT2D eigenvalue weighted by Gasteiger charge is 2.38. The minimum absolute atomic E-state index is 0.0322. The first-order valence-corrected chi connectivity index (χ1v) is 8.36. The maximum Gasteiger partial charge on any atom is 0.416 e. The molecule has 0 saturated carbocycles. The zero-order valence-electron chi connectivity index (χ0n) is 13.1. The smallest absolute Gasteiger partial charge is 0.279 e. The van der Waals surface area contributed by atoms with Gasteiger partial charge in [-0.25, -0.2) is 8.42 Å². The Balaban J connectivity index is 2.57. The molecule has 28 heavy (non-hydrogen) atoms. The molecule has 0 aromatic heterocycles. The molecule has 152 valence electrons. The summed E-state index contributed by atoms with van der Waals surface area (Å²) in [4.78, 5) is 8.08. The molecule has 0 atom stereocenters. The number of hydrogen-bond acceptors (Lipinski definition) is 4. The number of halogens is 7. The van der Waals surface area contributed by atoms with Crippen LogP contribution in [0, 0.1) is 15.9 Å². The highest BCUT2D eigenvalue weighted by Crippen LogP contribution is 2.37. The quantitative estimate of drug-likeness (QED) is 0.436. The van der Waals surface area contributed by atoms with E-state index in [1.807, 2.05) is 0 Å². The summed E-state index contributed by atoms with van der Waals surface area (Å²) < 4.78 is 116.